The minimum absolute atomic E-state index is 0.0685. The van der Waals surface area contributed by atoms with Crippen LogP contribution in [0.4, 0.5) is 5.69 Å². The van der Waals surface area contributed by atoms with E-state index in [9.17, 15) is 4.79 Å². The molecule has 3 rings (SSSR count). The zero-order valence-corrected chi connectivity index (χ0v) is 13.7. The lowest BCUT2D eigenvalue weighted by atomic mass is 9.91. The van der Waals surface area contributed by atoms with E-state index in [1.54, 1.807) is 6.92 Å². The van der Waals surface area contributed by atoms with Crippen LogP contribution in [0.1, 0.15) is 39.0 Å². The molecule has 5 heteroatoms. The number of amides is 1. The van der Waals surface area contributed by atoms with Gasteiger partial charge in [0.2, 0.25) is 5.91 Å². The molecule has 0 bridgehead atoms. The second-order valence-corrected chi connectivity index (χ2v) is 6.49. The predicted molar refractivity (Wildman–Crippen MR) is 89.8 cm³/mol. The number of hydrogen-bond acceptors (Lipinski definition) is 4. The largest absolute Gasteiger partial charge is 0.486 e. The molecule has 2 N–H and O–H groups in total. The molecule has 1 saturated carbocycles. The topological polar surface area (TPSA) is 59.6 Å². The summed E-state index contributed by atoms with van der Waals surface area (Å²) in [4.78, 5) is 11.1. The maximum Gasteiger partial charge on any atom is 0.217 e. The van der Waals surface area contributed by atoms with Gasteiger partial charge in [0.15, 0.2) is 0 Å². The molecule has 1 atom stereocenters. The van der Waals surface area contributed by atoms with Crippen LogP contribution in [-0.2, 0) is 9.53 Å². The van der Waals surface area contributed by atoms with Crippen LogP contribution in [0.2, 0.25) is 0 Å². The summed E-state index contributed by atoms with van der Waals surface area (Å²) in [5.41, 5.74) is 1.06. The van der Waals surface area contributed by atoms with E-state index in [4.69, 9.17) is 9.47 Å². The molecule has 1 heterocycles. The van der Waals surface area contributed by atoms with Crippen LogP contribution < -0.4 is 15.4 Å². The molecule has 1 aliphatic heterocycles. The van der Waals surface area contributed by atoms with Crippen molar-refractivity contribution in [3.8, 4) is 5.75 Å². The molecule has 1 saturated heterocycles. The van der Waals surface area contributed by atoms with Crippen LogP contribution in [-0.4, -0.2) is 37.3 Å². The summed E-state index contributed by atoms with van der Waals surface area (Å²) < 4.78 is 11.5. The summed E-state index contributed by atoms with van der Waals surface area (Å²) in [6.45, 7) is 3.05. The van der Waals surface area contributed by atoms with Gasteiger partial charge in [-0.2, -0.15) is 0 Å². The molecule has 0 spiro atoms. The normalized spacial score (nSPS) is 27.4. The van der Waals surface area contributed by atoms with Gasteiger partial charge in [0.1, 0.15) is 11.9 Å². The summed E-state index contributed by atoms with van der Waals surface area (Å²) in [5.74, 6) is 0.978. The van der Waals surface area contributed by atoms with Crippen molar-refractivity contribution in [1.82, 2.24) is 5.32 Å². The minimum Gasteiger partial charge on any atom is -0.486 e. The molecular weight excluding hydrogens is 292 g/mol. The second kappa shape index (κ2) is 7.68. The first-order valence-electron chi connectivity index (χ1n) is 8.58. The molecule has 1 unspecified atom stereocenters. The van der Waals surface area contributed by atoms with Gasteiger partial charge in [-0.05, 0) is 37.8 Å². The fourth-order valence-electron chi connectivity index (χ4n) is 3.36. The first-order valence-corrected chi connectivity index (χ1v) is 8.58. The number of carbonyl (C=O) groups is 1. The Kier molecular flexibility index (Phi) is 5.39. The molecule has 2 fully saturated rings. The number of rotatable bonds is 5. The number of anilines is 1. The van der Waals surface area contributed by atoms with Gasteiger partial charge in [-0.1, -0.05) is 12.1 Å². The first kappa shape index (κ1) is 16.1. The zero-order chi connectivity index (χ0) is 16.1. The lowest BCUT2D eigenvalue weighted by Gasteiger charge is -2.30. The van der Waals surface area contributed by atoms with Crippen molar-refractivity contribution in [3.63, 3.8) is 0 Å². The Hall–Kier alpha value is -1.75. The number of para-hydroxylation sites is 2. The standard InChI is InChI=1S/C18H26N2O3/c1-13(21)19-14-6-8-15(9-7-14)20-17-4-2-3-5-18(17)23-16-10-11-22-12-16/h2-5,14-16,20H,6-12H2,1H3,(H,19,21). The van der Waals surface area contributed by atoms with E-state index in [1.165, 1.54) is 0 Å². The summed E-state index contributed by atoms with van der Waals surface area (Å²) in [6.07, 6.45) is 5.29. The van der Waals surface area contributed by atoms with Crippen molar-refractivity contribution in [1.29, 1.82) is 0 Å². The van der Waals surface area contributed by atoms with Gasteiger partial charge in [0.05, 0.1) is 18.9 Å². The summed E-state index contributed by atoms with van der Waals surface area (Å²) in [5, 5.41) is 6.64. The molecule has 1 aliphatic carbocycles. The number of carbonyl (C=O) groups excluding carboxylic acids is 1. The van der Waals surface area contributed by atoms with Crippen LogP contribution in [0.15, 0.2) is 24.3 Å². The van der Waals surface area contributed by atoms with E-state index < -0.39 is 0 Å². The van der Waals surface area contributed by atoms with E-state index in [-0.39, 0.29) is 12.0 Å². The molecule has 1 aromatic rings. The summed E-state index contributed by atoms with van der Waals surface area (Å²) in [7, 11) is 0. The van der Waals surface area contributed by atoms with Crippen molar-refractivity contribution in [3.05, 3.63) is 24.3 Å². The molecular formula is C18H26N2O3. The Morgan fingerprint density at radius 2 is 1.87 bits per heavy atom. The van der Waals surface area contributed by atoms with Crippen LogP contribution in [0.25, 0.3) is 0 Å². The fourth-order valence-corrected chi connectivity index (χ4v) is 3.36. The molecule has 126 valence electrons. The molecule has 23 heavy (non-hydrogen) atoms. The highest BCUT2D eigenvalue weighted by atomic mass is 16.5. The van der Waals surface area contributed by atoms with E-state index in [1.807, 2.05) is 18.2 Å². The van der Waals surface area contributed by atoms with E-state index in [2.05, 4.69) is 16.7 Å². The lowest BCUT2D eigenvalue weighted by molar-refractivity contribution is -0.119. The molecule has 0 radical (unpaired) electrons. The van der Waals surface area contributed by atoms with Gasteiger partial charge >= 0.3 is 0 Å². The van der Waals surface area contributed by atoms with Gasteiger partial charge in [0, 0.05) is 25.4 Å². The fraction of sp³-hybridized carbons (Fsp3) is 0.611. The molecule has 1 amide bonds. The van der Waals surface area contributed by atoms with Crippen molar-refractivity contribution < 1.29 is 14.3 Å². The third kappa shape index (κ3) is 4.61. The average Bonchev–Trinajstić information content (AvgIpc) is 3.04. The molecule has 0 aromatic heterocycles. The Morgan fingerprint density at radius 3 is 2.57 bits per heavy atom. The number of nitrogens with one attached hydrogen (secondary N) is 2. The maximum absolute atomic E-state index is 11.1. The zero-order valence-electron chi connectivity index (χ0n) is 13.7. The number of ether oxygens (including phenoxy) is 2. The Labute approximate surface area is 137 Å². The third-order valence-corrected chi connectivity index (χ3v) is 4.56. The molecule has 2 aliphatic rings. The summed E-state index contributed by atoms with van der Waals surface area (Å²) >= 11 is 0. The molecule has 5 nitrogen and oxygen atoms in total. The van der Waals surface area contributed by atoms with Gasteiger partial charge in [-0.3, -0.25) is 4.79 Å². The van der Waals surface area contributed by atoms with Crippen molar-refractivity contribution in [2.45, 2.75) is 57.2 Å². The monoisotopic (exact) mass is 318 g/mol. The summed E-state index contributed by atoms with van der Waals surface area (Å²) in [6, 6.07) is 8.89. The average molecular weight is 318 g/mol. The minimum atomic E-state index is 0.0685. The second-order valence-electron chi connectivity index (χ2n) is 6.49. The van der Waals surface area contributed by atoms with Crippen LogP contribution in [0.3, 0.4) is 0 Å². The van der Waals surface area contributed by atoms with E-state index in [0.717, 1.165) is 50.1 Å². The van der Waals surface area contributed by atoms with Crippen LogP contribution in [0.5, 0.6) is 5.75 Å². The lowest BCUT2D eigenvalue weighted by Crippen LogP contribution is -2.39. The maximum atomic E-state index is 11.1. The predicted octanol–water partition coefficient (Wildman–Crippen LogP) is 2.71. The van der Waals surface area contributed by atoms with Crippen molar-refractivity contribution in [2.24, 2.45) is 0 Å². The van der Waals surface area contributed by atoms with E-state index in [0.29, 0.717) is 18.7 Å². The van der Waals surface area contributed by atoms with Crippen molar-refractivity contribution in [2.75, 3.05) is 18.5 Å². The van der Waals surface area contributed by atoms with Gasteiger partial charge in [-0.15, -0.1) is 0 Å². The van der Waals surface area contributed by atoms with Gasteiger partial charge in [-0.25, -0.2) is 0 Å². The highest BCUT2D eigenvalue weighted by molar-refractivity contribution is 5.73. The molecule has 1 aromatic carbocycles. The first-order chi connectivity index (χ1) is 11.2. The third-order valence-electron chi connectivity index (χ3n) is 4.56. The Balaban J connectivity index is 1.55. The van der Waals surface area contributed by atoms with Gasteiger partial charge in [0.25, 0.3) is 0 Å². The number of benzene rings is 1. The Morgan fingerprint density at radius 1 is 1.13 bits per heavy atom. The van der Waals surface area contributed by atoms with Crippen LogP contribution >= 0.6 is 0 Å². The highest BCUT2D eigenvalue weighted by Gasteiger charge is 2.23. The van der Waals surface area contributed by atoms with Gasteiger partial charge < -0.3 is 20.1 Å². The smallest absolute Gasteiger partial charge is 0.217 e. The van der Waals surface area contributed by atoms with Crippen LogP contribution in [0, 0.1) is 0 Å². The highest BCUT2D eigenvalue weighted by Crippen LogP contribution is 2.30. The van der Waals surface area contributed by atoms with E-state index >= 15 is 0 Å². The van der Waals surface area contributed by atoms with Crippen molar-refractivity contribution >= 4 is 11.6 Å². The SMILES string of the molecule is CC(=O)NC1CCC(Nc2ccccc2OC2CCOC2)CC1. The number of hydrogen-bond donors (Lipinski definition) is 2. The Bertz CT molecular complexity index is 521. The quantitative estimate of drug-likeness (QED) is 0.876.